The smallest absolute Gasteiger partial charge is 0.324 e. The van der Waals surface area contributed by atoms with Gasteiger partial charge in [0.25, 0.3) is 0 Å². The van der Waals surface area contributed by atoms with Crippen molar-refractivity contribution in [3.8, 4) is 0 Å². The highest BCUT2D eigenvalue weighted by Gasteiger charge is 2.20. The largest absolute Gasteiger partial charge is 0.465 e. The van der Waals surface area contributed by atoms with Crippen LogP contribution in [0.3, 0.4) is 0 Å². The molecule has 0 aliphatic heterocycles. The first-order valence-electron chi connectivity index (χ1n) is 7.06. The van der Waals surface area contributed by atoms with Gasteiger partial charge in [-0.1, -0.05) is 56.5 Å². The number of hydrogen-bond donors (Lipinski definition) is 1. The number of carbonyl (C=O) groups is 1. The quantitative estimate of drug-likeness (QED) is 0.407. The van der Waals surface area contributed by atoms with E-state index in [2.05, 4.69) is 12.0 Å². The van der Waals surface area contributed by atoms with Crippen molar-refractivity contribution in [1.82, 2.24) is 5.09 Å². The van der Waals surface area contributed by atoms with Crippen LogP contribution in [-0.4, -0.2) is 18.6 Å². The molecule has 0 radical (unpaired) electrons. The Labute approximate surface area is 122 Å². The van der Waals surface area contributed by atoms with Gasteiger partial charge in [-0.25, -0.2) is 5.09 Å². The molecule has 0 aliphatic carbocycles. The number of esters is 1. The molecule has 0 aliphatic rings. The van der Waals surface area contributed by atoms with Crippen LogP contribution in [0.4, 0.5) is 0 Å². The van der Waals surface area contributed by atoms with E-state index in [1.807, 2.05) is 30.3 Å². The van der Waals surface area contributed by atoms with Crippen LogP contribution in [-0.2, 0) is 20.5 Å². The van der Waals surface area contributed by atoms with Crippen LogP contribution in [0.25, 0.3) is 0 Å². The summed E-state index contributed by atoms with van der Waals surface area (Å²) in [6.45, 7) is 2.57. The van der Waals surface area contributed by atoms with E-state index in [4.69, 9.17) is 4.74 Å². The van der Waals surface area contributed by atoms with E-state index in [1.54, 1.807) is 0 Å². The Balaban J connectivity index is 2.40. The lowest BCUT2D eigenvalue weighted by molar-refractivity contribution is -0.145. The number of carbonyl (C=O) groups excluding carboxylic acids is 1. The Morgan fingerprint density at radius 3 is 2.65 bits per heavy atom. The third kappa shape index (κ3) is 6.78. The Bertz CT molecular complexity index is 397. The molecule has 4 nitrogen and oxygen atoms in total. The van der Waals surface area contributed by atoms with Gasteiger partial charge in [0.05, 0.1) is 6.61 Å². The van der Waals surface area contributed by atoms with Crippen molar-refractivity contribution in [3.63, 3.8) is 0 Å². The maximum absolute atomic E-state index is 11.9. The maximum atomic E-state index is 11.9. The van der Waals surface area contributed by atoms with Crippen LogP contribution in [0, 0.1) is 0 Å². The molecule has 5 heteroatoms. The van der Waals surface area contributed by atoms with Crippen LogP contribution < -0.4 is 5.09 Å². The summed E-state index contributed by atoms with van der Waals surface area (Å²) in [5, 5.41) is 2.63. The van der Waals surface area contributed by atoms with Crippen LogP contribution in [0.15, 0.2) is 30.3 Å². The first kappa shape index (κ1) is 16.8. The van der Waals surface area contributed by atoms with Crippen molar-refractivity contribution < 1.29 is 14.1 Å². The maximum Gasteiger partial charge on any atom is 0.324 e. The Morgan fingerprint density at radius 1 is 1.25 bits per heavy atom. The van der Waals surface area contributed by atoms with Crippen molar-refractivity contribution in [1.29, 1.82) is 0 Å². The van der Waals surface area contributed by atoms with Gasteiger partial charge in [-0.2, -0.15) is 0 Å². The van der Waals surface area contributed by atoms with Crippen LogP contribution in [0.5, 0.6) is 0 Å². The molecule has 1 atom stereocenters. The SMILES string of the molecule is CCCCCCOC(=O)[C@H](Cc1ccccc1)NP=O. The first-order chi connectivity index (χ1) is 9.77. The second kappa shape index (κ2) is 10.5. The summed E-state index contributed by atoms with van der Waals surface area (Å²) < 4.78 is 15.9. The van der Waals surface area contributed by atoms with Crippen molar-refractivity contribution in [2.24, 2.45) is 0 Å². The molecule has 0 spiro atoms. The Kier molecular flexibility index (Phi) is 8.84. The minimum Gasteiger partial charge on any atom is -0.465 e. The number of nitrogens with one attached hydrogen (secondary N) is 1. The lowest BCUT2D eigenvalue weighted by atomic mass is 10.1. The Hall–Kier alpha value is -1.25. The van der Waals surface area contributed by atoms with Crippen molar-refractivity contribution >= 4 is 14.6 Å². The summed E-state index contributed by atoms with van der Waals surface area (Å²) in [5.41, 5.74) is 1.01. The monoisotopic (exact) mass is 295 g/mol. The minimum absolute atomic E-state index is 0.255. The molecule has 1 rings (SSSR count). The summed E-state index contributed by atoms with van der Waals surface area (Å²) in [7, 11) is -0.255. The van der Waals surface area contributed by atoms with Gasteiger partial charge in [0, 0.05) is 0 Å². The zero-order chi connectivity index (χ0) is 14.6. The van der Waals surface area contributed by atoms with Crippen LogP contribution in [0.1, 0.15) is 38.2 Å². The van der Waals surface area contributed by atoms with Crippen LogP contribution in [0.2, 0.25) is 0 Å². The molecule has 1 aromatic rings. The van der Waals surface area contributed by atoms with Crippen molar-refractivity contribution in [2.45, 2.75) is 45.1 Å². The zero-order valence-corrected chi connectivity index (χ0v) is 12.8. The van der Waals surface area contributed by atoms with Gasteiger partial charge < -0.3 is 4.74 Å². The molecule has 1 N–H and O–H groups in total. The lowest BCUT2D eigenvalue weighted by Gasteiger charge is -2.14. The number of hydrogen-bond acceptors (Lipinski definition) is 3. The predicted octanol–water partition coefficient (Wildman–Crippen LogP) is 3.52. The topological polar surface area (TPSA) is 55.4 Å². The zero-order valence-electron chi connectivity index (χ0n) is 11.9. The molecular formula is C15H22NO3P. The number of benzene rings is 1. The van der Waals surface area contributed by atoms with E-state index in [9.17, 15) is 9.36 Å². The minimum atomic E-state index is -0.567. The van der Waals surface area contributed by atoms with Gasteiger partial charge in [0.15, 0.2) is 0 Å². The normalized spacial score (nSPS) is 12.2. The van der Waals surface area contributed by atoms with Gasteiger partial charge in [-0.15, -0.1) is 0 Å². The van der Waals surface area contributed by atoms with Crippen molar-refractivity contribution in [3.05, 3.63) is 35.9 Å². The summed E-state index contributed by atoms with van der Waals surface area (Å²) in [5.74, 6) is -0.339. The summed E-state index contributed by atoms with van der Waals surface area (Å²) in [6, 6.07) is 9.05. The highest BCUT2D eigenvalue weighted by Crippen LogP contribution is 2.07. The van der Waals surface area contributed by atoms with E-state index in [-0.39, 0.29) is 14.6 Å². The highest BCUT2D eigenvalue weighted by atomic mass is 31.1. The standard InChI is InChI=1S/C15H22NO3P/c1-2-3-4-8-11-19-15(17)14(16-20-18)12-13-9-6-5-7-10-13/h5-7,9-10,14H,2-4,8,11-12H2,1H3,(H,16,18)/t14-/m0/s1. The summed E-state index contributed by atoms with van der Waals surface area (Å²) in [6.07, 6.45) is 4.74. The summed E-state index contributed by atoms with van der Waals surface area (Å²) >= 11 is 0. The van der Waals surface area contributed by atoms with Crippen molar-refractivity contribution in [2.75, 3.05) is 6.61 Å². The second-order valence-corrected chi connectivity index (χ2v) is 5.13. The predicted molar refractivity (Wildman–Crippen MR) is 79.8 cm³/mol. The number of unbranched alkanes of at least 4 members (excludes halogenated alkanes) is 3. The van der Waals surface area contributed by atoms with E-state index in [0.717, 1.165) is 31.2 Å². The third-order valence-electron chi connectivity index (χ3n) is 3.02. The third-order valence-corrected chi connectivity index (χ3v) is 3.44. The highest BCUT2D eigenvalue weighted by molar-refractivity contribution is 7.21. The summed E-state index contributed by atoms with van der Waals surface area (Å²) in [4.78, 5) is 11.9. The lowest BCUT2D eigenvalue weighted by Crippen LogP contribution is -2.35. The van der Waals surface area contributed by atoms with Gasteiger partial charge in [0.1, 0.15) is 6.04 Å². The van der Waals surface area contributed by atoms with Gasteiger partial charge in [0.2, 0.25) is 8.61 Å². The fourth-order valence-corrected chi connectivity index (χ4v) is 2.22. The molecule has 0 bridgehead atoms. The number of rotatable bonds is 10. The molecule has 0 aromatic heterocycles. The molecule has 0 saturated carbocycles. The molecule has 0 saturated heterocycles. The van der Waals surface area contributed by atoms with Gasteiger partial charge >= 0.3 is 5.97 Å². The van der Waals surface area contributed by atoms with E-state index < -0.39 is 6.04 Å². The average molecular weight is 295 g/mol. The molecule has 20 heavy (non-hydrogen) atoms. The molecule has 0 heterocycles. The molecule has 110 valence electrons. The number of ether oxygens (including phenoxy) is 1. The fourth-order valence-electron chi connectivity index (χ4n) is 1.90. The molecular weight excluding hydrogens is 273 g/mol. The average Bonchev–Trinajstić information content (AvgIpc) is 2.47. The first-order valence-corrected chi connectivity index (χ1v) is 7.87. The van der Waals surface area contributed by atoms with Gasteiger partial charge in [-0.05, 0) is 18.4 Å². The van der Waals surface area contributed by atoms with E-state index >= 15 is 0 Å². The van der Waals surface area contributed by atoms with Crippen LogP contribution >= 0.6 is 8.61 Å². The molecule has 0 fully saturated rings. The second-order valence-electron chi connectivity index (χ2n) is 4.69. The van der Waals surface area contributed by atoms with E-state index in [1.165, 1.54) is 0 Å². The van der Waals surface area contributed by atoms with E-state index in [0.29, 0.717) is 13.0 Å². The van der Waals surface area contributed by atoms with Gasteiger partial charge in [-0.3, -0.25) is 9.36 Å². The molecule has 0 unspecified atom stereocenters. The molecule has 1 aromatic carbocycles. The molecule has 0 amide bonds. The Morgan fingerprint density at radius 2 is 2.00 bits per heavy atom. The fraction of sp³-hybridized carbons (Fsp3) is 0.533.